The normalized spacial score (nSPS) is 12.0. The Hall–Kier alpha value is -3.22. The van der Waals surface area contributed by atoms with Gasteiger partial charge in [0.25, 0.3) is 5.91 Å². The van der Waals surface area contributed by atoms with Gasteiger partial charge in [-0.15, -0.1) is 0 Å². The highest BCUT2D eigenvalue weighted by Gasteiger charge is 2.22. The Kier molecular flexibility index (Phi) is 4.47. The monoisotopic (exact) mass is 343 g/mol. The van der Waals surface area contributed by atoms with E-state index < -0.39 is 34.9 Å². The summed E-state index contributed by atoms with van der Waals surface area (Å²) in [5.41, 5.74) is 0.718. The number of phenols is 1. The molecule has 0 bridgehead atoms. The van der Waals surface area contributed by atoms with E-state index in [-0.39, 0.29) is 0 Å². The van der Waals surface area contributed by atoms with Crippen LogP contribution >= 0.6 is 0 Å². The molecule has 0 unspecified atom stereocenters. The fourth-order valence-corrected chi connectivity index (χ4v) is 2.46. The highest BCUT2D eigenvalue weighted by Crippen LogP contribution is 2.23. The zero-order valence-electron chi connectivity index (χ0n) is 13.3. The van der Waals surface area contributed by atoms with Gasteiger partial charge in [0.2, 0.25) is 0 Å². The molecule has 0 fully saturated rings. The summed E-state index contributed by atoms with van der Waals surface area (Å²) in [6.45, 7) is 1.69. The fourth-order valence-electron chi connectivity index (χ4n) is 2.46. The minimum atomic E-state index is -1.28. The van der Waals surface area contributed by atoms with Crippen molar-refractivity contribution in [1.29, 1.82) is 0 Å². The molecule has 0 saturated heterocycles. The number of halogens is 2. The molecule has 5 nitrogen and oxygen atoms in total. The molecule has 2 N–H and O–H groups in total. The number of aromatic nitrogens is 2. The van der Waals surface area contributed by atoms with Crippen LogP contribution in [0.15, 0.2) is 54.9 Å². The first-order valence-electron chi connectivity index (χ1n) is 7.55. The van der Waals surface area contributed by atoms with Gasteiger partial charge >= 0.3 is 0 Å². The maximum absolute atomic E-state index is 13.9. The maximum Gasteiger partial charge on any atom is 0.257 e. The molecule has 0 radical (unpaired) electrons. The van der Waals surface area contributed by atoms with Crippen molar-refractivity contribution >= 4 is 5.91 Å². The second kappa shape index (κ2) is 6.72. The molecule has 1 amide bonds. The first kappa shape index (κ1) is 16.6. The predicted molar refractivity (Wildman–Crippen MR) is 87.5 cm³/mol. The Bertz CT molecular complexity index is 911. The number of aromatic hydroxyl groups is 1. The number of benzene rings is 2. The average molecular weight is 343 g/mol. The van der Waals surface area contributed by atoms with Crippen molar-refractivity contribution in [3.8, 4) is 11.4 Å². The lowest BCUT2D eigenvalue weighted by atomic mass is 10.1. The number of nitrogens with one attached hydrogen (secondary N) is 1. The van der Waals surface area contributed by atoms with Crippen molar-refractivity contribution in [2.45, 2.75) is 13.0 Å². The van der Waals surface area contributed by atoms with Gasteiger partial charge in [0.15, 0.2) is 11.6 Å². The molecule has 0 aliphatic carbocycles. The average Bonchev–Trinajstić information content (AvgIpc) is 3.13. The Labute approximate surface area is 142 Å². The third-order valence-electron chi connectivity index (χ3n) is 3.78. The SMILES string of the molecule is C[C@H](NC(=O)c1c(F)ccc(O)c1F)c1cccc(-n2cccn2)c1. The van der Waals surface area contributed by atoms with E-state index in [2.05, 4.69) is 10.4 Å². The molecule has 0 spiro atoms. The van der Waals surface area contributed by atoms with Crippen molar-refractivity contribution in [3.63, 3.8) is 0 Å². The standard InChI is InChI=1S/C18H15F2N3O2/c1-11(12-4-2-5-13(10-12)23-9-3-8-21-23)22-18(25)16-14(19)6-7-15(24)17(16)20/h2-11,24H,1H3,(H,22,25)/t11-/m0/s1. The van der Waals surface area contributed by atoms with Gasteiger partial charge in [-0.05, 0) is 42.8 Å². The van der Waals surface area contributed by atoms with Crippen LogP contribution in [0.4, 0.5) is 8.78 Å². The van der Waals surface area contributed by atoms with Crippen LogP contribution in [0.25, 0.3) is 5.69 Å². The third kappa shape index (κ3) is 3.35. The second-order valence-electron chi connectivity index (χ2n) is 5.50. The van der Waals surface area contributed by atoms with Crippen LogP contribution in [0, 0.1) is 11.6 Å². The van der Waals surface area contributed by atoms with Crippen LogP contribution in [0.5, 0.6) is 5.75 Å². The van der Waals surface area contributed by atoms with E-state index in [1.165, 1.54) is 0 Å². The molecule has 1 heterocycles. The molecule has 2 aromatic carbocycles. The van der Waals surface area contributed by atoms with Crippen LogP contribution in [-0.4, -0.2) is 20.8 Å². The lowest BCUT2D eigenvalue weighted by Gasteiger charge is -2.16. The predicted octanol–water partition coefficient (Wildman–Crippen LogP) is 3.35. The van der Waals surface area contributed by atoms with Gasteiger partial charge in [0.05, 0.1) is 11.7 Å². The van der Waals surface area contributed by atoms with Crippen molar-refractivity contribution in [2.75, 3.05) is 0 Å². The molecule has 25 heavy (non-hydrogen) atoms. The lowest BCUT2D eigenvalue weighted by Crippen LogP contribution is -2.28. The summed E-state index contributed by atoms with van der Waals surface area (Å²) >= 11 is 0. The topological polar surface area (TPSA) is 67.2 Å². The summed E-state index contributed by atoms with van der Waals surface area (Å²) in [5, 5.41) is 16.0. The van der Waals surface area contributed by atoms with E-state index in [1.807, 2.05) is 12.1 Å². The molecule has 0 aliphatic rings. The van der Waals surface area contributed by atoms with Gasteiger partial charge in [-0.1, -0.05) is 12.1 Å². The Morgan fingerprint density at radius 1 is 1.24 bits per heavy atom. The van der Waals surface area contributed by atoms with E-state index in [9.17, 15) is 18.7 Å². The molecule has 128 valence electrons. The lowest BCUT2D eigenvalue weighted by molar-refractivity contribution is 0.0930. The second-order valence-corrected chi connectivity index (χ2v) is 5.50. The van der Waals surface area contributed by atoms with E-state index in [0.29, 0.717) is 0 Å². The molecule has 1 atom stereocenters. The third-order valence-corrected chi connectivity index (χ3v) is 3.78. The smallest absolute Gasteiger partial charge is 0.257 e. The molecule has 3 aromatic rings. The zero-order valence-corrected chi connectivity index (χ0v) is 13.3. The Morgan fingerprint density at radius 2 is 2.04 bits per heavy atom. The van der Waals surface area contributed by atoms with Gasteiger partial charge in [-0.25, -0.2) is 13.5 Å². The summed E-state index contributed by atoms with van der Waals surface area (Å²) in [6.07, 6.45) is 3.42. The summed E-state index contributed by atoms with van der Waals surface area (Å²) in [4.78, 5) is 12.2. The minimum absolute atomic E-state index is 0.510. The van der Waals surface area contributed by atoms with Crippen molar-refractivity contribution in [3.05, 3.63) is 77.6 Å². The number of phenolic OH excluding ortho intramolecular Hbond substituents is 1. The number of carbonyl (C=O) groups is 1. The maximum atomic E-state index is 13.9. The molecule has 7 heteroatoms. The number of nitrogens with zero attached hydrogens (tertiary/aromatic N) is 2. The molecular weight excluding hydrogens is 328 g/mol. The van der Waals surface area contributed by atoms with E-state index in [1.54, 1.807) is 42.2 Å². The van der Waals surface area contributed by atoms with Gasteiger partial charge < -0.3 is 10.4 Å². The van der Waals surface area contributed by atoms with Crippen molar-refractivity contribution in [2.24, 2.45) is 0 Å². The van der Waals surface area contributed by atoms with Crippen LogP contribution in [0.1, 0.15) is 28.9 Å². The van der Waals surface area contributed by atoms with Crippen LogP contribution < -0.4 is 5.32 Å². The van der Waals surface area contributed by atoms with Crippen LogP contribution in [0.3, 0.4) is 0 Å². The quantitative estimate of drug-likeness (QED) is 0.763. The molecular formula is C18H15F2N3O2. The molecule has 0 aliphatic heterocycles. The number of hydrogen-bond donors (Lipinski definition) is 2. The van der Waals surface area contributed by atoms with Gasteiger partial charge in [-0.3, -0.25) is 4.79 Å². The molecule has 3 rings (SSSR count). The highest BCUT2D eigenvalue weighted by atomic mass is 19.1. The molecule has 1 aromatic heterocycles. The molecule has 0 saturated carbocycles. The summed E-state index contributed by atoms with van der Waals surface area (Å²) < 4.78 is 29.3. The summed E-state index contributed by atoms with van der Waals surface area (Å²) in [5.74, 6) is -4.04. The van der Waals surface area contributed by atoms with E-state index in [4.69, 9.17) is 0 Å². The zero-order chi connectivity index (χ0) is 18.0. The van der Waals surface area contributed by atoms with Crippen LogP contribution in [0.2, 0.25) is 0 Å². The highest BCUT2D eigenvalue weighted by molar-refractivity contribution is 5.95. The van der Waals surface area contributed by atoms with Crippen LogP contribution in [-0.2, 0) is 0 Å². The van der Waals surface area contributed by atoms with Gasteiger partial charge in [0, 0.05) is 12.4 Å². The van der Waals surface area contributed by atoms with E-state index in [0.717, 1.165) is 23.4 Å². The largest absolute Gasteiger partial charge is 0.505 e. The Morgan fingerprint density at radius 3 is 2.76 bits per heavy atom. The number of amides is 1. The first-order valence-corrected chi connectivity index (χ1v) is 7.55. The minimum Gasteiger partial charge on any atom is -0.505 e. The summed E-state index contributed by atoms with van der Waals surface area (Å²) in [7, 11) is 0. The number of carbonyl (C=O) groups excluding carboxylic acids is 1. The number of hydrogen-bond acceptors (Lipinski definition) is 3. The first-order chi connectivity index (χ1) is 12.0. The van der Waals surface area contributed by atoms with Crippen molar-refractivity contribution < 1.29 is 18.7 Å². The van der Waals surface area contributed by atoms with Gasteiger partial charge in [-0.2, -0.15) is 5.10 Å². The fraction of sp³-hybridized carbons (Fsp3) is 0.111. The van der Waals surface area contributed by atoms with Crippen molar-refractivity contribution in [1.82, 2.24) is 15.1 Å². The summed E-state index contributed by atoms with van der Waals surface area (Å²) in [6, 6.07) is 10.2. The Balaban J connectivity index is 1.83. The number of rotatable bonds is 4. The van der Waals surface area contributed by atoms with Gasteiger partial charge in [0.1, 0.15) is 11.4 Å². The van der Waals surface area contributed by atoms with E-state index >= 15 is 0 Å².